The van der Waals surface area contributed by atoms with Crippen molar-refractivity contribution in [3.8, 4) is 11.1 Å². The molecule has 0 aliphatic heterocycles. The van der Waals surface area contributed by atoms with Crippen LogP contribution in [-0.2, 0) is 14.3 Å². The second-order valence-corrected chi connectivity index (χ2v) is 9.32. The number of hydrogen-bond donors (Lipinski definition) is 4. The molecule has 4 N–H and O–H groups in total. The maximum absolute atomic E-state index is 12.7. The highest BCUT2D eigenvalue weighted by Crippen LogP contribution is 2.44. The number of fused-ring (bicyclic) bond motifs is 3. The molecule has 0 unspecified atom stereocenters. The van der Waals surface area contributed by atoms with E-state index < -0.39 is 18.2 Å². The summed E-state index contributed by atoms with van der Waals surface area (Å²) in [4.78, 5) is 35.7. The van der Waals surface area contributed by atoms with Crippen molar-refractivity contribution in [3.05, 3.63) is 59.7 Å². The Labute approximate surface area is 204 Å². The average Bonchev–Trinajstić information content (AvgIpc) is 3.17. The summed E-state index contributed by atoms with van der Waals surface area (Å²) in [6.45, 7) is 0.327. The van der Waals surface area contributed by atoms with Crippen molar-refractivity contribution in [2.24, 2.45) is 5.92 Å². The first kappa shape index (κ1) is 24.7. The van der Waals surface area contributed by atoms with Crippen LogP contribution in [0.1, 0.15) is 55.6 Å². The van der Waals surface area contributed by atoms with Gasteiger partial charge in [-0.15, -0.1) is 0 Å². The Morgan fingerprint density at radius 2 is 1.60 bits per heavy atom. The predicted molar refractivity (Wildman–Crippen MR) is 130 cm³/mol. The highest BCUT2D eigenvalue weighted by Gasteiger charge is 2.31. The molecule has 2 aromatic carbocycles. The molecule has 0 saturated heterocycles. The zero-order valence-electron chi connectivity index (χ0n) is 19.6. The molecule has 0 radical (unpaired) electrons. The van der Waals surface area contributed by atoms with Crippen molar-refractivity contribution in [3.63, 3.8) is 0 Å². The van der Waals surface area contributed by atoms with E-state index in [1.807, 2.05) is 24.3 Å². The number of carboxylic acid groups (broad SMARTS) is 1. The number of aliphatic carboxylic acids is 1. The first-order chi connectivity index (χ1) is 16.9. The van der Waals surface area contributed by atoms with Crippen LogP contribution in [0.2, 0.25) is 0 Å². The van der Waals surface area contributed by atoms with E-state index in [1.54, 1.807) is 0 Å². The largest absolute Gasteiger partial charge is 0.479 e. The van der Waals surface area contributed by atoms with Gasteiger partial charge in [-0.25, -0.2) is 9.59 Å². The third-order valence-electron chi connectivity index (χ3n) is 7.03. The third-order valence-corrected chi connectivity index (χ3v) is 7.03. The Kier molecular flexibility index (Phi) is 8.02. The SMILES string of the molecule is O=C(C[C@H]1CCCC[C@H]1NC(=O)OCC1c2ccccc2-c2ccccc21)NCC[C@H](O)C(=O)O. The van der Waals surface area contributed by atoms with Gasteiger partial charge < -0.3 is 25.6 Å². The molecule has 186 valence electrons. The minimum absolute atomic E-state index is 0.0118. The Morgan fingerprint density at radius 3 is 2.26 bits per heavy atom. The van der Waals surface area contributed by atoms with Crippen molar-refractivity contribution in [1.29, 1.82) is 0 Å². The number of carboxylic acids is 1. The molecule has 4 rings (SSSR count). The van der Waals surface area contributed by atoms with Gasteiger partial charge >= 0.3 is 12.1 Å². The highest BCUT2D eigenvalue weighted by atomic mass is 16.5. The van der Waals surface area contributed by atoms with Gasteiger partial charge in [0, 0.05) is 31.3 Å². The molecule has 1 fully saturated rings. The van der Waals surface area contributed by atoms with E-state index in [4.69, 9.17) is 9.84 Å². The Bertz CT molecular complexity index is 1030. The second kappa shape index (κ2) is 11.4. The molecule has 3 atom stereocenters. The summed E-state index contributed by atoms with van der Waals surface area (Å²) in [5, 5.41) is 23.7. The first-order valence-corrected chi connectivity index (χ1v) is 12.2. The molecule has 0 aromatic heterocycles. The molecule has 35 heavy (non-hydrogen) atoms. The quantitative estimate of drug-likeness (QED) is 0.436. The van der Waals surface area contributed by atoms with E-state index in [-0.39, 0.29) is 49.8 Å². The number of ether oxygens (including phenoxy) is 1. The van der Waals surface area contributed by atoms with Gasteiger partial charge in [0.2, 0.25) is 5.91 Å². The molecule has 1 saturated carbocycles. The van der Waals surface area contributed by atoms with Gasteiger partial charge in [0.1, 0.15) is 6.61 Å². The lowest BCUT2D eigenvalue weighted by Crippen LogP contribution is -2.44. The Morgan fingerprint density at radius 1 is 0.971 bits per heavy atom. The fraction of sp³-hybridized carbons (Fsp3) is 0.444. The van der Waals surface area contributed by atoms with E-state index >= 15 is 0 Å². The van der Waals surface area contributed by atoms with Gasteiger partial charge in [-0.05, 0) is 41.0 Å². The fourth-order valence-electron chi connectivity index (χ4n) is 5.22. The van der Waals surface area contributed by atoms with Gasteiger partial charge in [-0.3, -0.25) is 4.79 Å². The standard InChI is InChI=1S/C27H32N2O6/c30-24(26(32)33)13-14-28-25(31)15-17-7-1-6-12-23(17)29-27(34)35-16-22-20-10-4-2-8-18(20)19-9-3-5-11-21(19)22/h2-5,8-11,17,22-24,30H,1,6-7,12-16H2,(H,28,31)(H,29,34)(H,32,33)/t17-,23-,24+/m1/s1. The van der Waals surface area contributed by atoms with E-state index in [9.17, 15) is 19.5 Å². The van der Waals surface area contributed by atoms with Crippen LogP contribution in [0, 0.1) is 5.92 Å². The highest BCUT2D eigenvalue weighted by molar-refractivity contribution is 5.79. The molecule has 0 spiro atoms. The van der Waals surface area contributed by atoms with Crippen LogP contribution in [0.3, 0.4) is 0 Å². The first-order valence-electron chi connectivity index (χ1n) is 12.2. The van der Waals surface area contributed by atoms with Crippen molar-refractivity contribution in [2.45, 2.75) is 56.6 Å². The van der Waals surface area contributed by atoms with Gasteiger partial charge in [0.15, 0.2) is 6.10 Å². The summed E-state index contributed by atoms with van der Waals surface area (Å²) in [7, 11) is 0. The molecule has 2 aliphatic carbocycles. The summed E-state index contributed by atoms with van der Waals surface area (Å²) in [5.41, 5.74) is 4.65. The Hall–Kier alpha value is -3.39. The molecule has 0 bridgehead atoms. The number of benzene rings is 2. The monoisotopic (exact) mass is 480 g/mol. The molecule has 2 aromatic rings. The van der Waals surface area contributed by atoms with Crippen LogP contribution < -0.4 is 10.6 Å². The number of carbonyl (C=O) groups excluding carboxylic acids is 2. The van der Waals surface area contributed by atoms with Gasteiger partial charge in [0.25, 0.3) is 0 Å². The van der Waals surface area contributed by atoms with E-state index in [2.05, 4.69) is 34.9 Å². The van der Waals surface area contributed by atoms with Crippen LogP contribution in [0.15, 0.2) is 48.5 Å². The summed E-state index contributed by atoms with van der Waals surface area (Å²) in [6, 6.07) is 16.2. The second-order valence-electron chi connectivity index (χ2n) is 9.32. The van der Waals surface area contributed by atoms with Crippen molar-refractivity contribution < 1.29 is 29.3 Å². The summed E-state index contributed by atoms with van der Waals surface area (Å²) >= 11 is 0. The summed E-state index contributed by atoms with van der Waals surface area (Å²) in [5.74, 6) is -1.55. The number of carbonyl (C=O) groups is 3. The third kappa shape index (κ3) is 6.00. The molecule has 8 heteroatoms. The molecular weight excluding hydrogens is 448 g/mol. The van der Waals surface area contributed by atoms with Crippen molar-refractivity contribution in [1.82, 2.24) is 10.6 Å². The molecule has 8 nitrogen and oxygen atoms in total. The topological polar surface area (TPSA) is 125 Å². The lowest BCUT2D eigenvalue weighted by molar-refractivity contribution is -0.147. The molecule has 0 heterocycles. The molecular formula is C27H32N2O6. The predicted octanol–water partition coefficient (Wildman–Crippen LogP) is 3.43. The van der Waals surface area contributed by atoms with Crippen LogP contribution in [0.5, 0.6) is 0 Å². The number of alkyl carbamates (subject to hydrolysis) is 1. The lowest BCUT2D eigenvalue weighted by Gasteiger charge is -2.31. The number of nitrogens with one attached hydrogen (secondary N) is 2. The zero-order chi connectivity index (χ0) is 24.8. The fourth-order valence-corrected chi connectivity index (χ4v) is 5.22. The maximum atomic E-state index is 12.7. The van der Waals surface area contributed by atoms with Gasteiger partial charge in [0.05, 0.1) is 0 Å². The molecule has 2 aliphatic rings. The zero-order valence-corrected chi connectivity index (χ0v) is 19.6. The molecule has 2 amide bonds. The van der Waals surface area contributed by atoms with E-state index in [0.29, 0.717) is 0 Å². The van der Waals surface area contributed by atoms with Crippen LogP contribution in [0.25, 0.3) is 11.1 Å². The van der Waals surface area contributed by atoms with Crippen LogP contribution in [-0.4, -0.2) is 53.5 Å². The number of amides is 2. The average molecular weight is 481 g/mol. The lowest BCUT2D eigenvalue weighted by atomic mass is 9.82. The minimum atomic E-state index is -1.49. The number of aliphatic hydroxyl groups is 1. The normalized spacial score (nSPS) is 19.8. The minimum Gasteiger partial charge on any atom is -0.479 e. The van der Waals surface area contributed by atoms with Crippen LogP contribution in [0.4, 0.5) is 4.79 Å². The van der Waals surface area contributed by atoms with Crippen molar-refractivity contribution in [2.75, 3.05) is 13.2 Å². The number of hydrogen-bond acceptors (Lipinski definition) is 5. The van der Waals surface area contributed by atoms with Crippen LogP contribution >= 0.6 is 0 Å². The summed E-state index contributed by atoms with van der Waals surface area (Å²) in [6.07, 6.45) is 1.77. The maximum Gasteiger partial charge on any atom is 0.407 e. The van der Waals surface area contributed by atoms with E-state index in [0.717, 1.165) is 36.8 Å². The van der Waals surface area contributed by atoms with Gasteiger partial charge in [-0.2, -0.15) is 0 Å². The van der Waals surface area contributed by atoms with Gasteiger partial charge in [-0.1, -0.05) is 61.4 Å². The van der Waals surface area contributed by atoms with E-state index in [1.165, 1.54) is 11.1 Å². The Balaban J connectivity index is 1.29. The number of rotatable bonds is 9. The van der Waals surface area contributed by atoms with Crippen molar-refractivity contribution >= 4 is 18.0 Å². The summed E-state index contributed by atoms with van der Waals surface area (Å²) < 4.78 is 5.68. The smallest absolute Gasteiger partial charge is 0.407 e. The number of aliphatic hydroxyl groups excluding tert-OH is 1.